The monoisotopic (exact) mass is 218 g/mol. The molecule has 1 aromatic heterocycles. The Balaban J connectivity index is 2.07. The van der Waals surface area contributed by atoms with Gasteiger partial charge in [-0.05, 0) is 31.5 Å². The summed E-state index contributed by atoms with van der Waals surface area (Å²) in [5.41, 5.74) is 8.55. The smallest absolute Gasteiger partial charge is 0.245 e. The molecular weight excluding hydrogens is 204 g/mol. The van der Waals surface area contributed by atoms with Crippen molar-refractivity contribution in [2.45, 2.75) is 20.4 Å². The summed E-state index contributed by atoms with van der Waals surface area (Å²) >= 11 is 0. The Morgan fingerprint density at radius 1 is 1.38 bits per heavy atom. The summed E-state index contributed by atoms with van der Waals surface area (Å²) in [7, 11) is 0. The summed E-state index contributed by atoms with van der Waals surface area (Å²) in [5.74, 6) is 1.21. The Kier molecular flexibility index (Phi) is 2.76. The van der Waals surface area contributed by atoms with Crippen molar-refractivity contribution in [1.29, 1.82) is 0 Å². The fourth-order valence-corrected chi connectivity index (χ4v) is 1.41. The molecule has 2 aromatic rings. The summed E-state index contributed by atoms with van der Waals surface area (Å²) in [6.07, 6.45) is 0. The number of nitrogens with one attached hydrogen (secondary N) is 1. The van der Waals surface area contributed by atoms with Crippen LogP contribution in [0.5, 0.6) is 0 Å². The molecule has 0 bridgehead atoms. The normalized spacial score (nSPS) is 10.4. The van der Waals surface area contributed by atoms with Crippen LogP contribution in [-0.2, 0) is 6.54 Å². The zero-order valence-corrected chi connectivity index (χ0v) is 9.32. The van der Waals surface area contributed by atoms with Gasteiger partial charge >= 0.3 is 0 Å². The predicted molar refractivity (Wildman–Crippen MR) is 62.0 cm³/mol. The Hall–Kier alpha value is -2.04. The average Bonchev–Trinajstić information content (AvgIpc) is 2.66. The van der Waals surface area contributed by atoms with Crippen LogP contribution in [0.4, 0.5) is 11.4 Å². The maximum Gasteiger partial charge on any atom is 0.245 e. The van der Waals surface area contributed by atoms with Gasteiger partial charge in [0.1, 0.15) is 0 Å². The van der Waals surface area contributed by atoms with E-state index in [2.05, 4.69) is 15.5 Å². The van der Waals surface area contributed by atoms with Gasteiger partial charge in [0.25, 0.3) is 0 Å². The van der Waals surface area contributed by atoms with Crippen molar-refractivity contribution >= 4 is 11.4 Å². The SMILES string of the molecule is Cc1noc(CNc2cc(N)ccc2C)n1. The van der Waals surface area contributed by atoms with Crippen molar-refractivity contribution in [1.82, 2.24) is 10.1 Å². The van der Waals surface area contributed by atoms with E-state index < -0.39 is 0 Å². The van der Waals surface area contributed by atoms with Crippen LogP contribution in [0.25, 0.3) is 0 Å². The lowest BCUT2D eigenvalue weighted by Crippen LogP contribution is -2.02. The zero-order valence-electron chi connectivity index (χ0n) is 9.32. The van der Waals surface area contributed by atoms with E-state index in [1.807, 2.05) is 25.1 Å². The van der Waals surface area contributed by atoms with Crippen LogP contribution in [-0.4, -0.2) is 10.1 Å². The summed E-state index contributed by atoms with van der Waals surface area (Å²) < 4.78 is 5.00. The lowest BCUT2D eigenvalue weighted by molar-refractivity contribution is 0.379. The second kappa shape index (κ2) is 4.22. The zero-order chi connectivity index (χ0) is 11.5. The van der Waals surface area contributed by atoms with Crippen molar-refractivity contribution in [3.05, 3.63) is 35.5 Å². The number of benzene rings is 1. The summed E-state index contributed by atoms with van der Waals surface area (Å²) in [4.78, 5) is 4.11. The molecule has 2 rings (SSSR count). The second-order valence-corrected chi connectivity index (χ2v) is 3.66. The number of hydrogen-bond donors (Lipinski definition) is 2. The van der Waals surface area contributed by atoms with Gasteiger partial charge in [-0.2, -0.15) is 4.98 Å². The van der Waals surface area contributed by atoms with Crippen molar-refractivity contribution in [2.24, 2.45) is 0 Å². The first-order valence-electron chi connectivity index (χ1n) is 5.04. The number of aromatic nitrogens is 2. The van der Waals surface area contributed by atoms with Gasteiger partial charge in [-0.15, -0.1) is 0 Å². The van der Waals surface area contributed by atoms with Crippen molar-refractivity contribution < 1.29 is 4.52 Å². The molecule has 0 aliphatic carbocycles. The minimum Gasteiger partial charge on any atom is -0.399 e. The fraction of sp³-hybridized carbons (Fsp3) is 0.273. The molecule has 0 saturated heterocycles. The third-order valence-corrected chi connectivity index (χ3v) is 2.26. The second-order valence-electron chi connectivity index (χ2n) is 3.66. The molecule has 0 saturated carbocycles. The van der Waals surface area contributed by atoms with E-state index in [9.17, 15) is 0 Å². The first-order valence-corrected chi connectivity index (χ1v) is 5.04. The first kappa shape index (κ1) is 10.5. The highest BCUT2D eigenvalue weighted by molar-refractivity contribution is 5.59. The van der Waals surface area contributed by atoms with Gasteiger partial charge in [-0.3, -0.25) is 0 Å². The lowest BCUT2D eigenvalue weighted by Gasteiger charge is -2.07. The van der Waals surface area contributed by atoms with Gasteiger partial charge in [-0.25, -0.2) is 0 Å². The molecule has 0 radical (unpaired) electrons. The van der Waals surface area contributed by atoms with Crippen molar-refractivity contribution in [2.75, 3.05) is 11.1 Å². The molecule has 1 aromatic carbocycles. The summed E-state index contributed by atoms with van der Waals surface area (Å²) in [5, 5.41) is 6.93. The number of hydrogen-bond acceptors (Lipinski definition) is 5. The number of aryl methyl sites for hydroxylation is 2. The molecule has 84 valence electrons. The van der Waals surface area contributed by atoms with E-state index >= 15 is 0 Å². The lowest BCUT2D eigenvalue weighted by atomic mass is 10.2. The minimum absolute atomic E-state index is 0.505. The molecule has 0 atom stereocenters. The largest absolute Gasteiger partial charge is 0.399 e. The van der Waals surface area contributed by atoms with Crippen LogP contribution in [0.15, 0.2) is 22.7 Å². The topological polar surface area (TPSA) is 77.0 Å². The van der Waals surface area contributed by atoms with Gasteiger partial charge in [0.2, 0.25) is 5.89 Å². The Labute approximate surface area is 93.7 Å². The van der Waals surface area contributed by atoms with Gasteiger partial charge in [0.15, 0.2) is 5.82 Å². The maximum absolute atomic E-state index is 5.71. The highest BCUT2D eigenvalue weighted by atomic mass is 16.5. The predicted octanol–water partition coefficient (Wildman–Crippen LogP) is 1.88. The fourth-order valence-electron chi connectivity index (χ4n) is 1.41. The van der Waals surface area contributed by atoms with Crippen LogP contribution in [0, 0.1) is 13.8 Å². The molecule has 0 unspecified atom stereocenters. The number of nitrogens with two attached hydrogens (primary N) is 1. The van der Waals surface area contributed by atoms with Crippen LogP contribution < -0.4 is 11.1 Å². The Morgan fingerprint density at radius 3 is 2.88 bits per heavy atom. The van der Waals surface area contributed by atoms with E-state index in [-0.39, 0.29) is 0 Å². The standard InChI is InChI=1S/C11H14N4O/c1-7-3-4-9(12)5-10(7)13-6-11-14-8(2)15-16-11/h3-5,13H,6,12H2,1-2H3. The third kappa shape index (κ3) is 2.31. The van der Waals surface area contributed by atoms with Crippen molar-refractivity contribution in [3.8, 4) is 0 Å². The van der Waals surface area contributed by atoms with Crippen LogP contribution in [0.2, 0.25) is 0 Å². The quantitative estimate of drug-likeness (QED) is 0.769. The van der Waals surface area contributed by atoms with Gasteiger partial charge < -0.3 is 15.6 Å². The van der Waals surface area contributed by atoms with Gasteiger partial charge in [-0.1, -0.05) is 11.2 Å². The molecule has 5 nitrogen and oxygen atoms in total. The molecule has 0 aliphatic heterocycles. The number of anilines is 2. The van der Waals surface area contributed by atoms with Crippen LogP contribution in [0.1, 0.15) is 17.3 Å². The highest BCUT2D eigenvalue weighted by Crippen LogP contribution is 2.18. The van der Waals surface area contributed by atoms with E-state index in [0.717, 1.165) is 16.9 Å². The van der Waals surface area contributed by atoms with E-state index in [1.54, 1.807) is 6.92 Å². The molecule has 0 spiro atoms. The first-order chi connectivity index (χ1) is 7.65. The molecule has 0 amide bonds. The number of rotatable bonds is 3. The molecule has 1 heterocycles. The summed E-state index contributed by atoms with van der Waals surface area (Å²) in [6.45, 7) is 4.31. The van der Waals surface area contributed by atoms with Gasteiger partial charge in [0.05, 0.1) is 6.54 Å². The highest BCUT2D eigenvalue weighted by Gasteiger charge is 2.03. The van der Waals surface area contributed by atoms with E-state index in [1.165, 1.54) is 0 Å². The summed E-state index contributed by atoms with van der Waals surface area (Å²) in [6, 6.07) is 5.73. The van der Waals surface area contributed by atoms with Crippen LogP contribution in [0.3, 0.4) is 0 Å². The third-order valence-electron chi connectivity index (χ3n) is 2.26. The molecular formula is C11H14N4O. The Morgan fingerprint density at radius 2 is 2.19 bits per heavy atom. The van der Waals surface area contributed by atoms with Crippen molar-refractivity contribution in [3.63, 3.8) is 0 Å². The Bertz CT molecular complexity index is 492. The molecule has 16 heavy (non-hydrogen) atoms. The molecule has 0 fully saturated rings. The van der Waals surface area contributed by atoms with E-state index in [0.29, 0.717) is 18.3 Å². The maximum atomic E-state index is 5.71. The average molecular weight is 218 g/mol. The van der Waals surface area contributed by atoms with Crippen LogP contribution >= 0.6 is 0 Å². The minimum atomic E-state index is 0.505. The number of nitrogens with zero attached hydrogens (tertiary/aromatic N) is 2. The van der Waals surface area contributed by atoms with E-state index in [4.69, 9.17) is 10.3 Å². The molecule has 0 aliphatic rings. The molecule has 5 heteroatoms. The van der Waals surface area contributed by atoms with Gasteiger partial charge in [0, 0.05) is 11.4 Å². The number of nitrogen functional groups attached to an aromatic ring is 1. The molecule has 3 N–H and O–H groups in total.